The molecule has 0 saturated heterocycles. The Bertz CT molecular complexity index is 1160. The number of rotatable bonds is 6. The van der Waals surface area contributed by atoms with Gasteiger partial charge in [-0.25, -0.2) is 9.99 Å². The van der Waals surface area contributed by atoms with Gasteiger partial charge in [0, 0.05) is 12.5 Å². The molecule has 1 amide bonds. The summed E-state index contributed by atoms with van der Waals surface area (Å²) in [6.07, 6.45) is 1.55. The Morgan fingerprint density at radius 3 is 2.63 bits per heavy atom. The van der Waals surface area contributed by atoms with Crippen LogP contribution in [0.4, 0.5) is 0 Å². The third-order valence-electron chi connectivity index (χ3n) is 5.33. The van der Waals surface area contributed by atoms with E-state index in [1.54, 1.807) is 10.6 Å². The number of benzene rings is 2. The normalized spacial score (nSPS) is 14.7. The predicted molar refractivity (Wildman–Crippen MR) is 121 cm³/mol. The molecule has 7 heteroatoms. The van der Waals surface area contributed by atoms with Crippen molar-refractivity contribution in [3.05, 3.63) is 70.5 Å². The first kappa shape index (κ1) is 20.3. The van der Waals surface area contributed by atoms with E-state index in [-0.39, 0.29) is 23.3 Å². The lowest BCUT2D eigenvalue weighted by Crippen LogP contribution is -2.28. The van der Waals surface area contributed by atoms with Crippen LogP contribution in [-0.2, 0) is 4.79 Å². The van der Waals surface area contributed by atoms with Gasteiger partial charge in [-0.1, -0.05) is 61.2 Å². The summed E-state index contributed by atoms with van der Waals surface area (Å²) in [5.41, 5.74) is 2.56. The van der Waals surface area contributed by atoms with Crippen molar-refractivity contribution in [2.45, 2.75) is 37.9 Å². The van der Waals surface area contributed by atoms with Gasteiger partial charge < -0.3 is 0 Å². The summed E-state index contributed by atoms with van der Waals surface area (Å²) < 4.78 is 1.71. The SMILES string of the molecule is CC[C@H](C)n1c(SCC(=O)N2CCC(c3ccccc3)=N2)nc2ccccc2c1=O. The van der Waals surface area contributed by atoms with Gasteiger partial charge in [0.05, 0.1) is 28.9 Å². The van der Waals surface area contributed by atoms with Crippen LogP contribution < -0.4 is 5.56 Å². The number of thioether (sulfide) groups is 1. The summed E-state index contributed by atoms with van der Waals surface area (Å²) in [5, 5.41) is 7.22. The molecule has 0 N–H and O–H groups in total. The minimum Gasteiger partial charge on any atom is -0.284 e. The second-order valence-corrected chi connectivity index (χ2v) is 8.25. The molecule has 0 radical (unpaired) electrons. The molecule has 1 aromatic heterocycles. The van der Waals surface area contributed by atoms with E-state index in [1.165, 1.54) is 16.8 Å². The number of carbonyl (C=O) groups excluding carboxylic acids is 1. The van der Waals surface area contributed by atoms with E-state index < -0.39 is 0 Å². The third kappa shape index (κ3) is 4.03. The van der Waals surface area contributed by atoms with E-state index in [2.05, 4.69) is 10.1 Å². The van der Waals surface area contributed by atoms with Crippen LogP contribution in [0.15, 0.2) is 69.6 Å². The lowest BCUT2D eigenvalue weighted by molar-refractivity contribution is -0.127. The second kappa shape index (κ2) is 8.83. The molecule has 1 aliphatic heterocycles. The molecule has 0 saturated carbocycles. The number of hydrogen-bond donors (Lipinski definition) is 0. The lowest BCUT2D eigenvalue weighted by atomic mass is 10.1. The van der Waals surface area contributed by atoms with Crippen LogP contribution in [0.25, 0.3) is 10.9 Å². The lowest BCUT2D eigenvalue weighted by Gasteiger charge is -2.18. The average molecular weight is 421 g/mol. The zero-order valence-corrected chi connectivity index (χ0v) is 17.9. The summed E-state index contributed by atoms with van der Waals surface area (Å²) in [6.45, 7) is 4.61. The topological polar surface area (TPSA) is 67.6 Å². The van der Waals surface area contributed by atoms with E-state index in [9.17, 15) is 9.59 Å². The van der Waals surface area contributed by atoms with Gasteiger partial charge >= 0.3 is 0 Å². The molecule has 0 unspecified atom stereocenters. The average Bonchev–Trinajstić information content (AvgIpc) is 3.28. The molecule has 30 heavy (non-hydrogen) atoms. The van der Waals surface area contributed by atoms with Gasteiger partial charge in [-0.3, -0.25) is 14.2 Å². The van der Waals surface area contributed by atoms with E-state index >= 15 is 0 Å². The zero-order chi connectivity index (χ0) is 21.1. The molecule has 0 fully saturated rings. The number of carbonyl (C=O) groups is 1. The maximum absolute atomic E-state index is 13.0. The van der Waals surface area contributed by atoms with Crippen molar-refractivity contribution in [3.63, 3.8) is 0 Å². The first-order valence-electron chi connectivity index (χ1n) is 10.2. The quantitative estimate of drug-likeness (QED) is 0.445. The minimum absolute atomic E-state index is 0.00157. The highest BCUT2D eigenvalue weighted by Gasteiger charge is 2.23. The molecule has 1 aliphatic rings. The molecular formula is C23H24N4O2S. The minimum atomic E-state index is -0.0796. The Morgan fingerprint density at radius 1 is 1.13 bits per heavy atom. The van der Waals surface area contributed by atoms with E-state index in [0.717, 1.165) is 24.1 Å². The molecule has 6 nitrogen and oxygen atoms in total. The third-order valence-corrected chi connectivity index (χ3v) is 6.27. The highest BCUT2D eigenvalue weighted by atomic mass is 32.2. The fourth-order valence-corrected chi connectivity index (χ4v) is 4.44. The van der Waals surface area contributed by atoms with Crippen LogP contribution in [-0.4, -0.2) is 38.5 Å². The van der Waals surface area contributed by atoms with Crippen molar-refractivity contribution in [2.24, 2.45) is 5.10 Å². The number of hydrazone groups is 1. The van der Waals surface area contributed by atoms with Gasteiger partial charge in [-0.2, -0.15) is 5.10 Å². The molecule has 2 aromatic carbocycles. The number of nitrogens with zero attached hydrogens (tertiary/aromatic N) is 4. The van der Waals surface area contributed by atoms with Crippen molar-refractivity contribution < 1.29 is 4.79 Å². The summed E-state index contributed by atoms with van der Waals surface area (Å²) in [7, 11) is 0. The van der Waals surface area contributed by atoms with Gasteiger partial charge in [0.2, 0.25) is 0 Å². The molecule has 4 rings (SSSR count). The van der Waals surface area contributed by atoms with Gasteiger partial charge in [-0.15, -0.1) is 0 Å². The van der Waals surface area contributed by atoms with Crippen molar-refractivity contribution >= 4 is 34.3 Å². The number of aromatic nitrogens is 2. The summed E-state index contributed by atoms with van der Waals surface area (Å²) in [5.74, 6) is 0.108. The first-order chi connectivity index (χ1) is 14.6. The molecule has 0 bridgehead atoms. The predicted octanol–water partition coefficient (Wildman–Crippen LogP) is 4.10. The summed E-state index contributed by atoms with van der Waals surface area (Å²) in [4.78, 5) is 30.5. The maximum atomic E-state index is 13.0. The van der Waals surface area contributed by atoms with Gasteiger partial charge in [0.1, 0.15) is 0 Å². The molecule has 0 aliphatic carbocycles. The van der Waals surface area contributed by atoms with E-state index in [1.807, 2.05) is 62.4 Å². The van der Waals surface area contributed by atoms with Crippen LogP contribution in [0.5, 0.6) is 0 Å². The van der Waals surface area contributed by atoms with Crippen molar-refractivity contribution in [3.8, 4) is 0 Å². The number of amides is 1. The second-order valence-electron chi connectivity index (χ2n) is 7.31. The van der Waals surface area contributed by atoms with E-state index in [4.69, 9.17) is 0 Å². The smallest absolute Gasteiger partial charge is 0.262 e. The van der Waals surface area contributed by atoms with Crippen LogP contribution in [0.2, 0.25) is 0 Å². The van der Waals surface area contributed by atoms with Crippen molar-refractivity contribution in [1.82, 2.24) is 14.6 Å². The molecule has 1 atom stereocenters. The number of fused-ring (bicyclic) bond motifs is 1. The molecule has 2 heterocycles. The van der Waals surface area contributed by atoms with Crippen LogP contribution in [0, 0.1) is 0 Å². The summed E-state index contributed by atoms with van der Waals surface area (Å²) in [6, 6.07) is 17.3. The Kier molecular flexibility index (Phi) is 5.99. The maximum Gasteiger partial charge on any atom is 0.262 e. The Hall–Kier alpha value is -2.93. The first-order valence-corrected chi connectivity index (χ1v) is 11.1. The molecule has 0 spiro atoms. The largest absolute Gasteiger partial charge is 0.284 e. The zero-order valence-electron chi connectivity index (χ0n) is 17.1. The Balaban J connectivity index is 1.55. The summed E-state index contributed by atoms with van der Waals surface area (Å²) >= 11 is 1.30. The van der Waals surface area contributed by atoms with Crippen molar-refractivity contribution in [2.75, 3.05) is 12.3 Å². The van der Waals surface area contributed by atoms with E-state index in [0.29, 0.717) is 22.6 Å². The Labute approximate surface area is 179 Å². The van der Waals surface area contributed by atoms with Crippen molar-refractivity contribution in [1.29, 1.82) is 0 Å². The van der Waals surface area contributed by atoms with Gasteiger partial charge in [-0.05, 0) is 31.0 Å². The van der Waals surface area contributed by atoms with Gasteiger partial charge in [0.15, 0.2) is 5.16 Å². The molecule has 3 aromatic rings. The number of para-hydroxylation sites is 1. The standard InChI is InChI=1S/C23H24N4O2S/c1-3-16(2)27-22(29)18-11-7-8-12-20(18)24-23(27)30-15-21(28)26-14-13-19(25-26)17-9-5-4-6-10-17/h4-12,16H,3,13-15H2,1-2H3/t16-/m0/s1. The fraction of sp³-hybridized carbons (Fsp3) is 0.304. The monoisotopic (exact) mass is 420 g/mol. The fourth-order valence-electron chi connectivity index (χ4n) is 3.47. The molecular weight excluding hydrogens is 396 g/mol. The van der Waals surface area contributed by atoms with Gasteiger partial charge in [0.25, 0.3) is 11.5 Å². The highest BCUT2D eigenvalue weighted by Crippen LogP contribution is 2.23. The number of hydrogen-bond acceptors (Lipinski definition) is 5. The Morgan fingerprint density at radius 2 is 1.87 bits per heavy atom. The van der Waals surface area contributed by atoms with Crippen LogP contribution >= 0.6 is 11.8 Å². The molecule has 154 valence electrons. The highest BCUT2D eigenvalue weighted by molar-refractivity contribution is 7.99. The van der Waals surface area contributed by atoms with Crippen LogP contribution in [0.3, 0.4) is 0 Å². The van der Waals surface area contributed by atoms with Crippen LogP contribution in [0.1, 0.15) is 38.3 Å².